The van der Waals surface area contributed by atoms with Crippen LogP contribution in [0.3, 0.4) is 0 Å². The first-order valence-electron chi connectivity index (χ1n) is 9.36. The molecule has 2 N–H and O–H groups in total. The minimum Gasteiger partial charge on any atom is -0.389 e. The second-order valence-electron chi connectivity index (χ2n) is 6.82. The Morgan fingerprint density at radius 1 is 0.778 bits per heavy atom. The molecule has 3 nitrogen and oxygen atoms in total. The highest BCUT2D eigenvalue weighted by molar-refractivity contribution is 5.80. The van der Waals surface area contributed by atoms with Gasteiger partial charge in [0.25, 0.3) is 0 Å². The van der Waals surface area contributed by atoms with Gasteiger partial charge in [-0.15, -0.1) is 0 Å². The molecule has 27 heavy (non-hydrogen) atoms. The molecule has 1 aromatic heterocycles. The number of hydrogen-bond acceptors (Lipinski definition) is 2. The van der Waals surface area contributed by atoms with E-state index in [4.69, 9.17) is 0 Å². The van der Waals surface area contributed by atoms with E-state index in [2.05, 4.69) is 58.5 Å². The number of benzene rings is 3. The van der Waals surface area contributed by atoms with Gasteiger partial charge >= 0.3 is 0 Å². The molecule has 0 fully saturated rings. The Balaban J connectivity index is 1.58. The SMILES string of the molecule is O[C@@H](CNCc1ccccc1)[C@H](c1ccccc1)n1ccc2ccccc21. The quantitative estimate of drug-likeness (QED) is 0.516. The summed E-state index contributed by atoms with van der Waals surface area (Å²) in [7, 11) is 0. The van der Waals surface area contributed by atoms with Crippen molar-refractivity contribution in [2.24, 2.45) is 0 Å². The fourth-order valence-corrected chi connectivity index (χ4v) is 3.64. The number of hydrogen-bond donors (Lipinski definition) is 2. The number of para-hydroxylation sites is 1. The van der Waals surface area contributed by atoms with Crippen molar-refractivity contribution in [1.82, 2.24) is 9.88 Å². The fourth-order valence-electron chi connectivity index (χ4n) is 3.64. The molecule has 0 saturated heterocycles. The maximum atomic E-state index is 11.1. The molecule has 0 aliphatic rings. The third-order valence-corrected chi connectivity index (χ3v) is 4.96. The Labute approximate surface area is 159 Å². The average molecular weight is 356 g/mol. The van der Waals surface area contributed by atoms with Crippen molar-refractivity contribution < 1.29 is 5.11 Å². The maximum absolute atomic E-state index is 11.1. The van der Waals surface area contributed by atoms with Gasteiger partial charge in [-0.2, -0.15) is 0 Å². The molecular formula is C24H24N2O. The van der Waals surface area contributed by atoms with Crippen LogP contribution in [-0.2, 0) is 6.54 Å². The minimum absolute atomic E-state index is 0.144. The topological polar surface area (TPSA) is 37.2 Å². The van der Waals surface area contributed by atoms with E-state index >= 15 is 0 Å². The van der Waals surface area contributed by atoms with Crippen molar-refractivity contribution in [3.8, 4) is 0 Å². The summed E-state index contributed by atoms with van der Waals surface area (Å²) in [6, 6.07) is 30.8. The summed E-state index contributed by atoms with van der Waals surface area (Å²) in [5.74, 6) is 0. The van der Waals surface area contributed by atoms with E-state index in [0.29, 0.717) is 6.54 Å². The van der Waals surface area contributed by atoms with E-state index in [1.807, 2.05) is 48.5 Å². The molecule has 0 unspecified atom stereocenters. The van der Waals surface area contributed by atoms with Crippen LogP contribution in [0.25, 0.3) is 10.9 Å². The zero-order valence-corrected chi connectivity index (χ0v) is 15.2. The van der Waals surface area contributed by atoms with Gasteiger partial charge in [-0.25, -0.2) is 0 Å². The van der Waals surface area contributed by atoms with Gasteiger partial charge in [-0.3, -0.25) is 0 Å². The summed E-state index contributed by atoms with van der Waals surface area (Å²) in [5.41, 5.74) is 3.45. The van der Waals surface area contributed by atoms with Crippen molar-refractivity contribution in [3.05, 3.63) is 108 Å². The van der Waals surface area contributed by atoms with Crippen LogP contribution in [0.15, 0.2) is 97.2 Å². The monoisotopic (exact) mass is 356 g/mol. The largest absolute Gasteiger partial charge is 0.389 e. The molecule has 3 aromatic carbocycles. The molecule has 136 valence electrons. The van der Waals surface area contributed by atoms with E-state index in [1.54, 1.807) is 0 Å². The second kappa shape index (κ2) is 8.21. The van der Waals surface area contributed by atoms with E-state index in [9.17, 15) is 5.11 Å². The summed E-state index contributed by atoms with van der Waals surface area (Å²) >= 11 is 0. The number of aliphatic hydroxyl groups excluding tert-OH is 1. The molecule has 0 radical (unpaired) electrons. The minimum atomic E-state index is -0.549. The lowest BCUT2D eigenvalue weighted by Gasteiger charge is -2.26. The van der Waals surface area contributed by atoms with Crippen LogP contribution in [0, 0.1) is 0 Å². The smallest absolute Gasteiger partial charge is 0.0912 e. The van der Waals surface area contributed by atoms with Crippen molar-refractivity contribution >= 4 is 10.9 Å². The van der Waals surface area contributed by atoms with Crippen molar-refractivity contribution in [2.75, 3.05) is 6.54 Å². The molecule has 1 heterocycles. The molecule has 0 saturated carbocycles. The number of nitrogens with zero attached hydrogens (tertiary/aromatic N) is 1. The molecule has 0 aliphatic carbocycles. The van der Waals surface area contributed by atoms with Crippen LogP contribution in [0.2, 0.25) is 0 Å². The zero-order chi connectivity index (χ0) is 18.5. The number of fused-ring (bicyclic) bond motifs is 1. The van der Waals surface area contributed by atoms with Gasteiger partial charge in [0.05, 0.1) is 12.1 Å². The third kappa shape index (κ3) is 3.95. The molecule has 4 rings (SSSR count). The molecule has 2 atom stereocenters. The Bertz CT molecular complexity index is 979. The lowest BCUT2D eigenvalue weighted by atomic mass is 10.0. The lowest BCUT2D eigenvalue weighted by molar-refractivity contribution is 0.129. The molecule has 3 heteroatoms. The average Bonchev–Trinajstić information content (AvgIpc) is 3.14. The van der Waals surface area contributed by atoms with Gasteiger partial charge < -0.3 is 15.0 Å². The molecule has 0 amide bonds. The lowest BCUT2D eigenvalue weighted by Crippen LogP contribution is -2.34. The Kier molecular flexibility index (Phi) is 5.33. The summed E-state index contributed by atoms with van der Waals surface area (Å²) in [4.78, 5) is 0. The van der Waals surface area contributed by atoms with Gasteiger partial charge in [0.1, 0.15) is 0 Å². The molecular weight excluding hydrogens is 332 g/mol. The van der Waals surface area contributed by atoms with Crippen LogP contribution in [-0.4, -0.2) is 22.3 Å². The Hall–Kier alpha value is -2.88. The van der Waals surface area contributed by atoms with Crippen LogP contribution < -0.4 is 5.32 Å². The summed E-state index contributed by atoms with van der Waals surface area (Å²) in [6.07, 6.45) is 1.52. The highest BCUT2D eigenvalue weighted by atomic mass is 16.3. The highest BCUT2D eigenvalue weighted by Gasteiger charge is 2.23. The molecule has 0 aliphatic heterocycles. The van der Waals surface area contributed by atoms with Crippen molar-refractivity contribution in [2.45, 2.75) is 18.7 Å². The first-order valence-corrected chi connectivity index (χ1v) is 9.36. The Morgan fingerprint density at radius 3 is 2.22 bits per heavy atom. The first-order chi connectivity index (χ1) is 13.3. The third-order valence-electron chi connectivity index (χ3n) is 4.96. The van der Waals surface area contributed by atoms with Crippen LogP contribution in [0.5, 0.6) is 0 Å². The van der Waals surface area contributed by atoms with Crippen LogP contribution in [0.4, 0.5) is 0 Å². The summed E-state index contributed by atoms with van der Waals surface area (Å²) < 4.78 is 2.18. The zero-order valence-electron chi connectivity index (χ0n) is 15.2. The number of nitrogens with one attached hydrogen (secondary N) is 1. The van der Waals surface area contributed by atoms with Gasteiger partial charge in [0.2, 0.25) is 0 Å². The Morgan fingerprint density at radius 2 is 1.44 bits per heavy atom. The molecule has 0 bridgehead atoms. The first kappa shape index (κ1) is 17.5. The van der Waals surface area contributed by atoms with Crippen LogP contribution >= 0.6 is 0 Å². The number of aromatic nitrogens is 1. The summed E-state index contributed by atoms with van der Waals surface area (Å²) in [5, 5.41) is 15.7. The van der Waals surface area contributed by atoms with E-state index in [-0.39, 0.29) is 6.04 Å². The van der Waals surface area contributed by atoms with Gasteiger partial charge in [-0.05, 0) is 28.6 Å². The standard InChI is InChI=1S/C24H24N2O/c27-23(18-25-17-19-9-3-1-4-10-19)24(21-12-5-2-6-13-21)26-16-15-20-11-7-8-14-22(20)26/h1-16,23-25,27H,17-18H2/t23-,24-/m0/s1. The number of rotatable bonds is 7. The fraction of sp³-hybridized carbons (Fsp3) is 0.167. The van der Waals surface area contributed by atoms with Gasteiger partial charge in [-0.1, -0.05) is 78.9 Å². The second-order valence-corrected chi connectivity index (χ2v) is 6.82. The normalized spacial score (nSPS) is 13.5. The predicted octanol–water partition coefficient (Wildman–Crippen LogP) is 4.38. The molecule has 0 spiro atoms. The maximum Gasteiger partial charge on any atom is 0.0912 e. The molecule has 4 aromatic rings. The highest BCUT2D eigenvalue weighted by Crippen LogP contribution is 2.27. The van der Waals surface area contributed by atoms with E-state index in [1.165, 1.54) is 10.9 Å². The predicted molar refractivity (Wildman–Crippen MR) is 111 cm³/mol. The van der Waals surface area contributed by atoms with Crippen molar-refractivity contribution in [1.29, 1.82) is 0 Å². The van der Waals surface area contributed by atoms with Gasteiger partial charge in [0.15, 0.2) is 0 Å². The van der Waals surface area contributed by atoms with E-state index < -0.39 is 6.10 Å². The van der Waals surface area contributed by atoms with E-state index in [0.717, 1.165) is 17.6 Å². The number of aliphatic hydroxyl groups is 1. The van der Waals surface area contributed by atoms with Gasteiger partial charge in [0, 0.05) is 24.8 Å². The summed E-state index contributed by atoms with van der Waals surface area (Å²) in [6.45, 7) is 1.26. The van der Waals surface area contributed by atoms with Crippen molar-refractivity contribution in [3.63, 3.8) is 0 Å². The van der Waals surface area contributed by atoms with Crippen LogP contribution in [0.1, 0.15) is 17.2 Å².